The van der Waals surface area contributed by atoms with Crippen LogP contribution < -0.4 is 15.1 Å². The Labute approximate surface area is 191 Å². The van der Waals surface area contributed by atoms with Crippen LogP contribution in [-0.2, 0) is 4.79 Å². The molecule has 172 valence electrons. The zero-order chi connectivity index (χ0) is 23.5. The lowest BCUT2D eigenvalue weighted by molar-refractivity contribution is -0.120. The van der Waals surface area contributed by atoms with Crippen molar-refractivity contribution < 1.29 is 18.0 Å². The minimum absolute atomic E-state index is 0.145. The van der Waals surface area contributed by atoms with Crippen LogP contribution in [0.2, 0.25) is 0 Å². The Morgan fingerprint density at radius 2 is 2.09 bits per heavy atom. The van der Waals surface area contributed by atoms with E-state index in [-0.39, 0.29) is 35.3 Å². The van der Waals surface area contributed by atoms with E-state index in [1.807, 2.05) is 30.7 Å². The Morgan fingerprint density at radius 1 is 1.33 bits per heavy atom. The van der Waals surface area contributed by atoms with Gasteiger partial charge >= 0.3 is 0 Å². The number of benzene rings is 1. The van der Waals surface area contributed by atoms with Gasteiger partial charge in [-0.05, 0) is 57.0 Å². The number of carbonyl (C=O) groups excluding carboxylic acids is 1. The van der Waals surface area contributed by atoms with Crippen molar-refractivity contribution in [3.8, 4) is 17.7 Å². The van der Waals surface area contributed by atoms with E-state index in [1.165, 1.54) is 12.3 Å². The number of aromatic nitrogens is 1. The van der Waals surface area contributed by atoms with Gasteiger partial charge in [-0.1, -0.05) is 0 Å². The summed E-state index contributed by atoms with van der Waals surface area (Å²) >= 11 is 0. The van der Waals surface area contributed by atoms with Crippen molar-refractivity contribution in [2.45, 2.75) is 32.7 Å². The predicted molar refractivity (Wildman–Crippen MR) is 122 cm³/mol. The predicted octanol–water partition coefficient (Wildman–Crippen LogP) is 4.65. The number of oxazole rings is 1. The molecule has 0 spiro atoms. The van der Waals surface area contributed by atoms with Gasteiger partial charge in [0, 0.05) is 37.8 Å². The Kier molecular flexibility index (Phi) is 6.36. The van der Waals surface area contributed by atoms with Crippen LogP contribution in [0.1, 0.15) is 32.4 Å². The van der Waals surface area contributed by atoms with Gasteiger partial charge in [0.15, 0.2) is 5.76 Å². The number of anilines is 3. The third-order valence-corrected chi connectivity index (χ3v) is 5.97. The van der Waals surface area contributed by atoms with E-state index in [9.17, 15) is 14.4 Å². The van der Waals surface area contributed by atoms with Crippen LogP contribution in [0.25, 0.3) is 11.7 Å². The summed E-state index contributed by atoms with van der Waals surface area (Å²) in [5.41, 5.74) is 1.11. The molecule has 3 heterocycles. The first-order chi connectivity index (χ1) is 15.9. The molecule has 1 amide bonds. The number of amides is 1. The molecule has 0 radical (unpaired) electrons. The lowest BCUT2D eigenvalue weighted by Crippen LogP contribution is -2.38. The number of furan rings is 1. The number of hydrogen-bond donors (Lipinski definition) is 1. The maximum atomic E-state index is 14.5. The van der Waals surface area contributed by atoms with Gasteiger partial charge in [0.05, 0.1) is 12.0 Å². The summed E-state index contributed by atoms with van der Waals surface area (Å²) in [5.74, 6) is 0.341. The average Bonchev–Trinajstić information content (AvgIpc) is 3.48. The van der Waals surface area contributed by atoms with E-state index in [0.29, 0.717) is 49.0 Å². The Balaban J connectivity index is 1.38. The highest BCUT2D eigenvalue weighted by Gasteiger charge is 2.29. The second kappa shape index (κ2) is 9.36. The molecule has 8 nitrogen and oxygen atoms in total. The van der Waals surface area contributed by atoms with Crippen LogP contribution in [0.3, 0.4) is 0 Å². The largest absolute Gasteiger partial charge is 0.459 e. The number of hydrogen-bond acceptors (Lipinski definition) is 7. The normalized spacial score (nSPS) is 14.4. The Hall–Kier alpha value is -3.80. The van der Waals surface area contributed by atoms with E-state index < -0.39 is 0 Å². The van der Waals surface area contributed by atoms with Crippen LogP contribution in [0.15, 0.2) is 45.4 Å². The van der Waals surface area contributed by atoms with Gasteiger partial charge < -0.3 is 24.0 Å². The molecule has 1 aromatic carbocycles. The molecular formula is C24H26FN5O3. The van der Waals surface area contributed by atoms with Crippen molar-refractivity contribution in [3.63, 3.8) is 0 Å². The molecule has 2 aromatic heterocycles. The van der Waals surface area contributed by atoms with Crippen molar-refractivity contribution in [1.82, 2.24) is 4.98 Å². The standard InChI is InChI=1S/C24H26FN5O3/c1-15(2)29(3)20-7-6-17(13-18(20)25)27-22(31)16-8-10-30(11-9-16)24-19(14-26)28-23(33-24)21-5-4-12-32-21/h4-7,12-13,15-16H,8-11H2,1-3H3,(H,27,31). The molecule has 9 heteroatoms. The summed E-state index contributed by atoms with van der Waals surface area (Å²) in [4.78, 5) is 20.7. The molecule has 1 aliphatic rings. The number of carbonyl (C=O) groups is 1. The van der Waals surface area contributed by atoms with Crippen molar-refractivity contribution in [1.29, 1.82) is 5.26 Å². The van der Waals surface area contributed by atoms with E-state index >= 15 is 0 Å². The molecule has 0 atom stereocenters. The van der Waals surface area contributed by atoms with Crippen LogP contribution in [0, 0.1) is 23.1 Å². The zero-order valence-electron chi connectivity index (χ0n) is 18.8. The van der Waals surface area contributed by atoms with Crippen LogP contribution in [0.4, 0.5) is 21.6 Å². The number of piperidine rings is 1. The summed E-state index contributed by atoms with van der Waals surface area (Å²) in [6.45, 7) is 5.04. The fourth-order valence-corrected chi connectivity index (χ4v) is 3.84. The second-order valence-corrected chi connectivity index (χ2v) is 8.38. The van der Waals surface area contributed by atoms with Gasteiger partial charge in [-0.3, -0.25) is 4.79 Å². The lowest BCUT2D eigenvalue weighted by atomic mass is 9.95. The van der Waals surface area contributed by atoms with Gasteiger partial charge in [0.2, 0.25) is 17.5 Å². The third kappa shape index (κ3) is 4.70. The van der Waals surface area contributed by atoms with Crippen molar-refractivity contribution in [3.05, 3.63) is 48.1 Å². The van der Waals surface area contributed by atoms with Crippen molar-refractivity contribution in [2.24, 2.45) is 5.92 Å². The van der Waals surface area contributed by atoms with Gasteiger partial charge in [0.25, 0.3) is 5.89 Å². The molecular weight excluding hydrogens is 425 g/mol. The highest BCUT2D eigenvalue weighted by atomic mass is 19.1. The van der Waals surface area contributed by atoms with Gasteiger partial charge in [-0.2, -0.15) is 10.2 Å². The smallest absolute Gasteiger partial charge is 0.266 e. The SMILES string of the molecule is CC(C)N(C)c1ccc(NC(=O)C2CCN(c3oc(-c4ccco4)nc3C#N)CC2)cc1F. The van der Waals surface area contributed by atoms with Gasteiger partial charge in [0.1, 0.15) is 11.9 Å². The van der Waals surface area contributed by atoms with Crippen LogP contribution in [0.5, 0.6) is 0 Å². The molecule has 4 rings (SSSR count). The summed E-state index contributed by atoms with van der Waals surface area (Å²) < 4.78 is 25.6. The first-order valence-corrected chi connectivity index (χ1v) is 10.9. The number of nitriles is 1. The molecule has 33 heavy (non-hydrogen) atoms. The minimum Gasteiger partial charge on any atom is -0.459 e. The fourth-order valence-electron chi connectivity index (χ4n) is 3.84. The molecule has 3 aromatic rings. The molecule has 0 saturated carbocycles. The summed E-state index contributed by atoms with van der Waals surface area (Å²) in [6, 6.07) is 10.4. The van der Waals surface area contributed by atoms with Crippen molar-refractivity contribution >= 4 is 23.2 Å². The minimum atomic E-state index is -0.375. The molecule has 0 unspecified atom stereocenters. The molecule has 0 bridgehead atoms. The van der Waals surface area contributed by atoms with Crippen LogP contribution >= 0.6 is 0 Å². The fraction of sp³-hybridized carbons (Fsp3) is 0.375. The number of halogens is 1. The molecule has 1 fully saturated rings. The number of rotatable bonds is 6. The van der Waals surface area contributed by atoms with E-state index in [2.05, 4.69) is 16.4 Å². The molecule has 1 N–H and O–H groups in total. The highest BCUT2D eigenvalue weighted by molar-refractivity contribution is 5.93. The maximum absolute atomic E-state index is 14.5. The van der Waals surface area contributed by atoms with Gasteiger partial charge in [-0.15, -0.1) is 0 Å². The Morgan fingerprint density at radius 3 is 2.70 bits per heavy atom. The highest BCUT2D eigenvalue weighted by Crippen LogP contribution is 2.32. The topological polar surface area (TPSA) is 98.5 Å². The van der Waals surface area contributed by atoms with Gasteiger partial charge in [-0.25, -0.2) is 4.39 Å². The third-order valence-electron chi connectivity index (χ3n) is 5.97. The first kappa shape index (κ1) is 22.4. The van der Waals surface area contributed by atoms with E-state index in [1.54, 1.807) is 24.3 Å². The number of nitrogens with one attached hydrogen (secondary N) is 1. The zero-order valence-corrected chi connectivity index (χ0v) is 18.8. The molecule has 0 aliphatic carbocycles. The summed E-state index contributed by atoms with van der Waals surface area (Å²) in [7, 11) is 1.83. The maximum Gasteiger partial charge on any atom is 0.266 e. The van der Waals surface area contributed by atoms with Crippen molar-refractivity contribution in [2.75, 3.05) is 35.3 Å². The molecule has 1 aliphatic heterocycles. The summed E-state index contributed by atoms with van der Waals surface area (Å²) in [6.07, 6.45) is 2.66. The summed E-state index contributed by atoms with van der Waals surface area (Å²) in [5, 5.41) is 12.3. The van der Waals surface area contributed by atoms with E-state index in [0.717, 1.165) is 0 Å². The van der Waals surface area contributed by atoms with E-state index in [4.69, 9.17) is 8.83 Å². The van der Waals surface area contributed by atoms with Crippen LogP contribution in [-0.4, -0.2) is 37.1 Å². The number of nitrogens with zero attached hydrogens (tertiary/aromatic N) is 4. The average molecular weight is 452 g/mol. The second-order valence-electron chi connectivity index (χ2n) is 8.38. The quantitative estimate of drug-likeness (QED) is 0.583. The monoisotopic (exact) mass is 451 g/mol. The lowest BCUT2D eigenvalue weighted by Gasteiger charge is -2.31. The Bertz CT molecular complexity index is 1160. The first-order valence-electron chi connectivity index (χ1n) is 10.9. The molecule has 1 saturated heterocycles.